The zero-order chi connectivity index (χ0) is 17.4. The second-order valence-corrected chi connectivity index (χ2v) is 7.55. The summed E-state index contributed by atoms with van der Waals surface area (Å²) in [5.41, 5.74) is 3.73. The molecule has 0 spiro atoms. The molecule has 4 rings (SSSR count). The third-order valence-corrected chi connectivity index (χ3v) is 5.11. The minimum absolute atomic E-state index is 0.00555. The van der Waals surface area contributed by atoms with E-state index < -0.39 is 0 Å². The van der Waals surface area contributed by atoms with Crippen LogP contribution in [0.1, 0.15) is 23.2 Å². The van der Waals surface area contributed by atoms with Crippen molar-refractivity contribution in [2.45, 2.75) is 18.9 Å². The van der Waals surface area contributed by atoms with Crippen molar-refractivity contribution >= 4 is 44.0 Å². The molecule has 5 nitrogen and oxygen atoms in total. The van der Waals surface area contributed by atoms with E-state index in [-0.39, 0.29) is 5.91 Å². The van der Waals surface area contributed by atoms with Crippen molar-refractivity contribution in [1.82, 2.24) is 10.3 Å². The molecule has 1 amide bonds. The lowest BCUT2D eigenvalue weighted by atomic mass is 10.2. The Labute approximate surface area is 150 Å². The first-order chi connectivity index (χ1) is 12.1. The third-order valence-electron chi connectivity index (χ3n) is 4.18. The molecular formula is C19H20N4OS. The van der Waals surface area contributed by atoms with E-state index >= 15 is 0 Å². The molecule has 25 heavy (non-hydrogen) atoms. The van der Waals surface area contributed by atoms with E-state index in [1.165, 1.54) is 0 Å². The topological polar surface area (TPSA) is 57.3 Å². The number of amides is 1. The first-order valence-electron chi connectivity index (χ1n) is 8.34. The Morgan fingerprint density at radius 1 is 1.20 bits per heavy atom. The molecule has 1 heterocycles. The molecule has 3 aromatic rings. The highest BCUT2D eigenvalue weighted by Gasteiger charge is 2.24. The lowest BCUT2D eigenvalue weighted by Gasteiger charge is -2.13. The van der Waals surface area contributed by atoms with E-state index in [9.17, 15) is 4.79 Å². The van der Waals surface area contributed by atoms with Crippen LogP contribution >= 0.6 is 11.3 Å². The highest BCUT2D eigenvalue weighted by atomic mass is 32.1. The van der Waals surface area contributed by atoms with Gasteiger partial charge in [-0.3, -0.25) is 4.79 Å². The quantitative estimate of drug-likeness (QED) is 0.729. The molecular weight excluding hydrogens is 332 g/mol. The van der Waals surface area contributed by atoms with Crippen molar-refractivity contribution in [3.05, 3.63) is 48.0 Å². The van der Waals surface area contributed by atoms with Gasteiger partial charge in [0, 0.05) is 37.1 Å². The number of carbonyl (C=O) groups is 1. The van der Waals surface area contributed by atoms with E-state index in [1.807, 2.05) is 44.4 Å². The summed E-state index contributed by atoms with van der Waals surface area (Å²) in [5, 5.41) is 7.21. The van der Waals surface area contributed by atoms with Crippen molar-refractivity contribution in [1.29, 1.82) is 0 Å². The van der Waals surface area contributed by atoms with Crippen LogP contribution in [-0.4, -0.2) is 31.0 Å². The monoisotopic (exact) mass is 352 g/mol. The van der Waals surface area contributed by atoms with Gasteiger partial charge in [0.15, 0.2) is 5.13 Å². The maximum Gasteiger partial charge on any atom is 0.251 e. The second kappa shape index (κ2) is 6.37. The molecule has 0 aliphatic heterocycles. The van der Waals surface area contributed by atoms with Crippen LogP contribution in [0.3, 0.4) is 0 Å². The molecule has 0 unspecified atom stereocenters. The highest BCUT2D eigenvalue weighted by molar-refractivity contribution is 7.22. The van der Waals surface area contributed by atoms with E-state index in [0.29, 0.717) is 11.6 Å². The summed E-state index contributed by atoms with van der Waals surface area (Å²) in [5.74, 6) is 0.00555. The Kier molecular flexibility index (Phi) is 4.05. The third kappa shape index (κ3) is 3.58. The predicted molar refractivity (Wildman–Crippen MR) is 104 cm³/mol. The van der Waals surface area contributed by atoms with Crippen molar-refractivity contribution in [2.24, 2.45) is 0 Å². The van der Waals surface area contributed by atoms with Crippen LogP contribution in [0.2, 0.25) is 0 Å². The summed E-state index contributed by atoms with van der Waals surface area (Å²) >= 11 is 1.56. The van der Waals surface area contributed by atoms with Crippen LogP contribution in [0.25, 0.3) is 10.2 Å². The molecule has 1 fully saturated rings. The van der Waals surface area contributed by atoms with E-state index in [4.69, 9.17) is 0 Å². The number of hydrogen-bond donors (Lipinski definition) is 2. The van der Waals surface area contributed by atoms with Crippen molar-refractivity contribution in [3.63, 3.8) is 0 Å². The van der Waals surface area contributed by atoms with Crippen LogP contribution in [0.4, 0.5) is 16.5 Å². The number of anilines is 3. The van der Waals surface area contributed by atoms with Gasteiger partial charge in [-0.1, -0.05) is 17.4 Å². The van der Waals surface area contributed by atoms with Gasteiger partial charge in [0.1, 0.15) is 0 Å². The molecule has 1 aliphatic carbocycles. The minimum atomic E-state index is 0.00555. The van der Waals surface area contributed by atoms with Gasteiger partial charge in [0.25, 0.3) is 5.91 Å². The Morgan fingerprint density at radius 2 is 2.04 bits per heavy atom. The van der Waals surface area contributed by atoms with Gasteiger partial charge in [-0.25, -0.2) is 4.98 Å². The van der Waals surface area contributed by atoms with Gasteiger partial charge in [-0.05, 0) is 49.2 Å². The van der Waals surface area contributed by atoms with Gasteiger partial charge in [-0.15, -0.1) is 0 Å². The number of nitrogens with zero attached hydrogens (tertiary/aromatic N) is 2. The van der Waals surface area contributed by atoms with Gasteiger partial charge >= 0.3 is 0 Å². The zero-order valence-electron chi connectivity index (χ0n) is 14.2. The molecule has 1 aromatic heterocycles. The fourth-order valence-corrected chi connectivity index (χ4v) is 3.53. The van der Waals surface area contributed by atoms with Crippen LogP contribution in [0, 0.1) is 0 Å². The number of hydrogen-bond acceptors (Lipinski definition) is 5. The number of aromatic nitrogens is 1. The fraction of sp³-hybridized carbons (Fsp3) is 0.263. The molecule has 0 bridgehead atoms. The minimum Gasteiger partial charge on any atom is -0.378 e. The van der Waals surface area contributed by atoms with Crippen LogP contribution in [0.5, 0.6) is 0 Å². The smallest absolute Gasteiger partial charge is 0.251 e. The molecule has 2 aromatic carbocycles. The van der Waals surface area contributed by atoms with Gasteiger partial charge in [0.2, 0.25) is 0 Å². The van der Waals surface area contributed by atoms with E-state index in [1.54, 1.807) is 11.3 Å². The first-order valence-corrected chi connectivity index (χ1v) is 9.16. The molecule has 1 saturated carbocycles. The highest BCUT2D eigenvalue weighted by Crippen LogP contribution is 2.30. The Hall–Kier alpha value is -2.60. The van der Waals surface area contributed by atoms with Crippen molar-refractivity contribution in [3.8, 4) is 0 Å². The molecule has 128 valence electrons. The Balaban J connectivity index is 1.56. The summed E-state index contributed by atoms with van der Waals surface area (Å²) < 4.78 is 1.01. The maximum absolute atomic E-state index is 12.2. The number of fused-ring (bicyclic) bond motifs is 1. The normalized spacial score (nSPS) is 13.7. The second-order valence-electron chi connectivity index (χ2n) is 6.52. The summed E-state index contributed by atoms with van der Waals surface area (Å²) in [4.78, 5) is 18.9. The van der Waals surface area contributed by atoms with Gasteiger partial charge in [0.05, 0.1) is 10.2 Å². The Morgan fingerprint density at radius 3 is 2.80 bits per heavy atom. The summed E-state index contributed by atoms with van der Waals surface area (Å²) in [6.07, 6.45) is 2.18. The average molecular weight is 352 g/mol. The van der Waals surface area contributed by atoms with Crippen molar-refractivity contribution < 1.29 is 4.79 Å². The molecule has 0 radical (unpaired) electrons. The van der Waals surface area contributed by atoms with E-state index in [0.717, 1.165) is 39.6 Å². The number of nitrogens with one attached hydrogen (secondary N) is 2. The summed E-state index contributed by atoms with van der Waals surface area (Å²) in [7, 11) is 4.04. The van der Waals surface area contributed by atoms with E-state index in [2.05, 4.69) is 32.7 Å². The molecule has 1 aliphatic rings. The maximum atomic E-state index is 12.2. The van der Waals surface area contributed by atoms with Crippen LogP contribution < -0.4 is 15.5 Å². The molecule has 0 atom stereocenters. The van der Waals surface area contributed by atoms with Crippen LogP contribution in [-0.2, 0) is 0 Å². The average Bonchev–Trinajstić information content (AvgIpc) is 3.31. The fourth-order valence-electron chi connectivity index (χ4n) is 2.60. The zero-order valence-corrected chi connectivity index (χ0v) is 15.1. The Bertz CT molecular complexity index is 930. The summed E-state index contributed by atoms with van der Waals surface area (Å²) in [6.45, 7) is 0. The lowest BCUT2D eigenvalue weighted by molar-refractivity contribution is 0.0951. The molecule has 0 saturated heterocycles. The first kappa shape index (κ1) is 15.9. The molecule has 6 heteroatoms. The summed E-state index contributed by atoms with van der Waals surface area (Å²) in [6, 6.07) is 14.2. The number of rotatable bonds is 5. The van der Waals surface area contributed by atoms with Gasteiger partial charge < -0.3 is 15.5 Å². The number of thiazole rings is 1. The largest absolute Gasteiger partial charge is 0.378 e. The lowest BCUT2D eigenvalue weighted by Crippen LogP contribution is -2.25. The standard InChI is InChI=1S/C19H20N4OS/c1-23(2)15-5-3-4-14(11-15)21-19-22-16-9-6-12(10-17(16)25-19)18(24)20-13-7-8-13/h3-6,9-11,13H,7-8H2,1-2H3,(H,20,24)(H,21,22). The predicted octanol–water partition coefficient (Wildman–Crippen LogP) is 4.00. The van der Waals surface area contributed by atoms with Crippen LogP contribution in [0.15, 0.2) is 42.5 Å². The van der Waals surface area contributed by atoms with Crippen molar-refractivity contribution in [2.75, 3.05) is 24.3 Å². The van der Waals surface area contributed by atoms with Gasteiger partial charge in [-0.2, -0.15) is 0 Å². The molecule has 2 N–H and O–H groups in total. The SMILES string of the molecule is CN(C)c1cccc(Nc2nc3ccc(C(=O)NC4CC4)cc3s2)c1. The number of benzene rings is 2. The number of carbonyl (C=O) groups excluding carboxylic acids is 1.